The first-order valence-corrected chi connectivity index (χ1v) is 6.82. The van der Waals surface area contributed by atoms with Gasteiger partial charge in [-0.3, -0.25) is 4.79 Å². The lowest BCUT2D eigenvalue weighted by Crippen LogP contribution is -2.43. The monoisotopic (exact) mass is 371 g/mol. The maximum Gasteiger partial charge on any atom is 0.261 e. The molecular formula is C9H11Br2NO3S. The zero-order valence-electron chi connectivity index (χ0n) is 8.46. The van der Waals surface area contributed by atoms with E-state index < -0.39 is 12.2 Å². The van der Waals surface area contributed by atoms with E-state index in [-0.39, 0.29) is 12.5 Å². The third kappa shape index (κ3) is 3.81. The fourth-order valence-electron chi connectivity index (χ4n) is 0.872. The van der Waals surface area contributed by atoms with E-state index in [0.717, 1.165) is 8.26 Å². The van der Waals surface area contributed by atoms with Crippen molar-refractivity contribution < 1.29 is 15.0 Å². The molecule has 1 aromatic rings. The zero-order valence-corrected chi connectivity index (χ0v) is 12.4. The topological polar surface area (TPSA) is 69.6 Å². The maximum absolute atomic E-state index is 11.6. The number of nitrogens with one attached hydrogen (secondary N) is 1. The van der Waals surface area contributed by atoms with Crippen molar-refractivity contribution in [3.63, 3.8) is 0 Å². The molecule has 4 nitrogen and oxygen atoms in total. The van der Waals surface area contributed by atoms with Gasteiger partial charge in [-0.15, -0.1) is 11.3 Å². The average molecular weight is 373 g/mol. The Morgan fingerprint density at radius 1 is 1.62 bits per heavy atom. The summed E-state index contributed by atoms with van der Waals surface area (Å²) in [5.74, 6) is -0.273. The molecule has 0 aliphatic rings. The molecule has 1 amide bonds. The van der Waals surface area contributed by atoms with Crippen LogP contribution < -0.4 is 5.32 Å². The van der Waals surface area contributed by atoms with Crippen LogP contribution >= 0.6 is 43.2 Å². The number of hydrogen-bond donors (Lipinski definition) is 3. The van der Waals surface area contributed by atoms with Crippen LogP contribution in [0, 0.1) is 0 Å². The first-order valence-electron chi connectivity index (χ1n) is 4.42. The van der Waals surface area contributed by atoms with Crippen LogP contribution in [-0.4, -0.2) is 34.9 Å². The molecule has 0 aliphatic carbocycles. The Kier molecular flexibility index (Phi) is 4.93. The molecule has 1 heterocycles. The second-order valence-corrected chi connectivity index (χ2v) is 6.79. The third-order valence-electron chi connectivity index (χ3n) is 1.84. The molecule has 0 spiro atoms. The van der Waals surface area contributed by atoms with Crippen LogP contribution in [0.15, 0.2) is 14.3 Å². The number of halogens is 2. The number of thiophene rings is 1. The lowest BCUT2D eigenvalue weighted by Gasteiger charge is -2.20. The molecule has 0 saturated carbocycles. The third-order valence-corrected chi connectivity index (χ3v) is 5.09. The van der Waals surface area contributed by atoms with Gasteiger partial charge in [0.25, 0.3) is 5.91 Å². The van der Waals surface area contributed by atoms with Crippen molar-refractivity contribution >= 4 is 49.1 Å². The summed E-state index contributed by atoms with van der Waals surface area (Å²) in [6.07, 6.45) is 0. The van der Waals surface area contributed by atoms with E-state index in [0.29, 0.717) is 4.88 Å². The molecule has 1 unspecified atom stereocenters. The summed E-state index contributed by atoms with van der Waals surface area (Å²) in [7, 11) is 0. The first-order chi connectivity index (χ1) is 7.35. The molecule has 7 heteroatoms. The van der Waals surface area contributed by atoms with Crippen LogP contribution in [0.5, 0.6) is 0 Å². The van der Waals surface area contributed by atoms with E-state index in [1.165, 1.54) is 18.3 Å². The molecular weight excluding hydrogens is 362 g/mol. The fraction of sp³-hybridized carbons (Fsp3) is 0.444. The number of aliphatic hydroxyl groups is 2. The largest absolute Gasteiger partial charge is 0.393 e. The predicted molar refractivity (Wildman–Crippen MR) is 69.8 cm³/mol. The summed E-state index contributed by atoms with van der Waals surface area (Å²) >= 11 is 7.87. The Hall–Kier alpha value is 0.0500. The average Bonchev–Trinajstić information content (AvgIpc) is 2.56. The van der Waals surface area contributed by atoms with Gasteiger partial charge in [-0.25, -0.2) is 0 Å². The highest BCUT2D eigenvalue weighted by molar-refractivity contribution is 9.13. The van der Waals surface area contributed by atoms with Gasteiger partial charge in [0.1, 0.15) is 5.60 Å². The Labute approximate surface area is 114 Å². The Morgan fingerprint density at radius 3 is 2.69 bits per heavy atom. The van der Waals surface area contributed by atoms with E-state index >= 15 is 0 Å². The van der Waals surface area contributed by atoms with Gasteiger partial charge >= 0.3 is 0 Å². The minimum Gasteiger partial charge on any atom is -0.393 e. The van der Waals surface area contributed by atoms with Crippen molar-refractivity contribution in [2.24, 2.45) is 0 Å². The Balaban J connectivity index is 2.60. The number of rotatable bonds is 4. The Morgan fingerprint density at radius 2 is 2.25 bits per heavy atom. The SMILES string of the molecule is CC(O)(CO)CNC(=O)c1cc(Br)c(Br)s1. The van der Waals surface area contributed by atoms with Crippen LogP contribution in [-0.2, 0) is 0 Å². The first kappa shape index (κ1) is 14.1. The summed E-state index contributed by atoms with van der Waals surface area (Å²) in [6.45, 7) is 1.06. The summed E-state index contributed by atoms with van der Waals surface area (Å²) in [4.78, 5) is 12.2. The van der Waals surface area contributed by atoms with Gasteiger partial charge in [-0.05, 0) is 44.8 Å². The van der Waals surface area contributed by atoms with E-state index in [1.807, 2.05) is 0 Å². The van der Waals surface area contributed by atoms with Crippen molar-refractivity contribution in [3.05, 3.63) is 19.2 Å². The molecule has 0 saturated heterocycles. The standard InChI is InChI=1S/C9H11Br2NO3S/c1-9(15,4-13)3-12-8(14)6-2-5(10)7(11)16-6/h2,13,15H,3-4H2,1H3,(H,12,14). The molecule has 16 heavy (non-hydrogen) atoms. The van der Waals surface area contributed by atoms with Crippen LogP contribution in [0.1, 0.15) is 16.6 Å². The van der Waals surface area contributed by atoms with Gasteiger partial charge in [0, 0.05) is 11.0 Å². The van der Waals surface area contributed by atoms with Crippen molar-refractivity contribution in [2.75, 3.05) is 13.2 Å². The fourth-order valence-corrected chi connectivity index (χ4v) is 2.82. The number of aliphatic hydroxyl groups excluding tert-OH is 1. The number of carbonyl (C=O) groups is 1. The van der Waals surface area contributed by atoms with Crippen molar-refractivity contribution in [3.8, 4) is 0 Å². The predicted octanol–water partition coefficient (Wildman–Crippen LogP) is 1.75. The second-order valence-electron chi connectivity index (χ2n) is 3.57. The smallest absolute Gasteiger partial charge is 0.261 e. The molecule has 1 aromatic heterocycles. The van der Waals surface area contributed by atoms with Gasteiger partial charge in [0.15, 0.2) is 0 Å². The number of carbonyl (C=O) groups excluding carboxylic acids is 1. The van der Waals surface area contributed by atoms with E-state index in [1.54, 1.807) is 6.07 Å². The normalized spacial score (nSPS) is 14.6. The molecule has 1 atom stereocenters. The van der Waals surface area contributed by atoms with Crippen LogP contribution in [0.4, 0.5) is 0 Å². The van der Waals surface area contributed by atoms with E-state index in [9.17, 15) is 9.90 Å². The molecule has 0 aliphatic heterocycles. The minimum absolute atomic E-state index is 0.00940. The highest BCUT2D eigenvalue weighted by atomic mass is 79.9. The van der Waals surface area contributed by atoms with Gasteiger partial charge in [-0.2, -0.15) is 0 Å². The lowest BCUT2D eigenvalue weighted by molar-refractivity contribution is 0.00323. The molecule has 90 valence electrons. The van der Waals surface area contributed by atoms with Gasteiger partial charge < -0.3 is 15.5 Å². The van der Waals surface area contributed by atoms with Gasteiger partial charge in [0.2, 0.25) is 0 Å². The summed E-state index contributed by atoms with van der Waals surface area (Å²) in [6, 6.07) is 1.69. The highest BCUT2D eigenvalue weighted by Crippen LogP contribution is 2.32. The van der Waals surface area contributed by atoms with Crippen LogP contribution in [0.25, 0.3) is 0 Å². The van der Waals surface area contributed by atoms with Crippen LogP contribution in [0.3, 0.4) is 0 Å². The number of amides is 1. The van der Waals surface area contributed by atoms with Crippen molar-refractivity contribution in [1.82, 2.24) is 5.32 Å². The van der Waals surface area contributed by atoms with Crippen LogP contribution in [0.2, 0.25) is 0 Å². The van der Waals surface area contributed by atoms with E-state index in [4.69, 9.17) is 5.11 Å². The van der Waals surface area contributed by atoms with Gasteiger partial charge in [0.05, 0.1) is 15.3 Å². The molecule has 0 bridgehead atoms. The quantitative estimate of drug-likeness (QED) is 0.754. The Bertz CT molecular complexity index is 373. The minimum atomic E-state index is -1.29. The highest BCUT2D eigenvalue weighted by Gasteiger charge is 2.21. The number of hydrogen-bond acceptors (Lipinski definition) is 4. The maximum atomic E-state index is 11.6. The zero-order chi connectivity index (χ0) is 12.3. The summed E-state index contributed by atoms with van der Waals surface area (Å²) in [5, 5.41) is 20.9. The summed E-state index contributed by atoms with van der Waals surface area (Å²) in [5.41, 5.74) is -1.29. The molecule has 0 fully saturated rings. The van der Waals surface area contributed by atoms with E-state index in [2.05, 4.69) is 37.2 Å². The molecule has 0 radical (unpaired) electrons. The molecule has 1 rings (SSSR count). The summed E-state index contributed by atoms with van der Waals surface area (Å²) < 4.78 is 1.66. The van der Waals surface area contributed by atoms with Gasteiger partial charge in [-0.1, -0.05) is 0 Å². The van der Waals surface area contributed by atoms with Crippen molar-refractivity contribution in [1.29, 1.82) is 0 Å². The van der Waals surface area contributed by atoms with Crippen molar-refractivity contribution in [2.45, 2.75) is 12.5 Å². The molecule has 3 N–H and O–H groups in total. The second kappa shape index (κ2) is 5.59. The molecule has 0 aromatic carbocycles. The lowest BCUT2D eigenvalue weighted by atomic mass is 10.1.